The molecule has 0 bridgehead atoms. The Labute approximate surface area is 113 Å². The Morgan fingerprint density at radius 2 is 1.89 bits per heavy atom. The molecule has 3 N–H and O–H groups in total. The summed E-state index contributed by atoms with van der Waals surface area (Å²) in [5.41, 5.74) is 0.271. The van der Waals surface area contributed by atoms with Gasteiger partial charge in [-0.2, -0.15) is 0 Å². The molecule has 6 heteroatoms. The lowest BCUT2D eigenvalue weighted by atomic mass is 9.78. The van der Waals surface area contributed by atoms with Crippen LogP contribution in [-0.4, -0.2) is 52.3 Å². The van der Waals surface area contributed by atoms with E-state index in [0.29, 0.717) is 13.1 Å². The summed E-state index contributed by atoms with van der Waals surface area (Å²) in [6, 6.07) is -1.67. The van der Waals surface area contributed by atoms with Gasteiger partial charge in [0.25, 0.3) is 0 Å². The number of carboxylic acid groups (broad SMARTS) is 1. The highest BCUT2D eigenvalue weighted by atomic mass is 16.4. The number of rotatable bonds is 4. The molecule has 2 atom stereocenters. The van der Waals surface area contributed by atoms with E-state index in [1.807, 2.05) is 0 Å². The zero-order valence-corrected chi connectivity index (χ0v) is 11.8. The topological polar surface area (TPSA) is 89.9 Å². The maximum atomic E-state index is 12.0. The average Bonchev–Trinajstić information content (AvgIpc) is 2.35. The SMILES string of the molecule is CCC1(C)CCN(C(=O)N[C@H](C(=O)O)[C@@H](C)O)CC1. The Bertz CT molecular complexity index is 336. The second kappa shape index (κ2) is 6.23. The number of likely N-dealkylation sites (tertiary alicyclic amines) is 1. The number of carboxylic acids is 1. The number of hydrogen-bond donors (Lipinski definition) is 3. The molecule has 0 spiro atoms. The van der Waals surface area contributed by atoms with Gasteiger partial charge in [0.05, 0.1) is 6.10 Å². The van der Waals surface area contributed by atoms with Gasteiger partial charge < -0.3 is 20.4 Å². The molecule has 0 aromatic rings. The normalized spacial score (nSPS) is 21.6. The number of aliphatic hydroxyl groups is 1. The van der Waals surface area contributed by atoms with Crippen molar-refractivity contribution in [2.24, 2.45) is 5.41 Å². The van der Waals surface area contributed by atoms with E-state index in [-0.39, 0.29) is 5.41 Å². The minimum Gasteiger partial charge on any atom is -0.480 e. The molecule has 0 saturated carbocycles. The predicted octanol–water partition coefficient (Wildman–Crippen LogP) is 1.04. The number of piperidine rings is 1. The van der Waals surface area contributed by atoms with Gasteiger partial charge in [0, 0.05) is 13.1 Å². The van der Waals surface area contributed by atoms with E-state index in [2.05, 4.69) is 19.2 Å². The zero-order valence-electron chi connectivity index (χ0n) is 11.8. The van der Waals surface area contributed by atoms with Crippen molar-refractivity contribution < 1.29 is 19.8 Å². The summed E-state index contributed by atoms with van der Waals surface area (Å²) >= 11 is 0. The maximum absolute atomic E-state index is 12.0. The number of aliphatic carboxylic acids is 1. The van der Waals surface area contributed by atoms with Crippen LogP contribution in [0.1, 0.15) is 40.0 Å². The monoisotopic (exact) mass is 272 g/mol. The van der Waals surface area contributed by atoms with Crippen LogP contribution < -0.4 is 5.32 Å². The van der Waals surface area contributed by atoms with Gasteiger partial charge in [0.15, 0.2) is 6.04 Å². The lowest BCUT2D eigenvalue weighted by molar-refractivity contribution is -0.141. The van der Waals surface area contributed by atoms with Crippen LogP contribution in [0.25, 0.3) is 0 Å². The van der Waals surface area contributed by atoms with Crippen LogP contribution in [-0.2, 0) is 4.79 Å². The summed E-state index contributed by atoms with van der Waals surface area (Å²) in [7, 11) is 0. The molecule has 1 rings (SSSR count). The van der Waals surface area contributed by atoms with Crippen LogP contribution in [0, 0.1) is 5.41 Å². The molecule has 0 aliphatic carbocycles. The fourth-order valence-electron chi connectivity index (χ4n) is 2.22. The molecule has 0 aromatic heterocycles. The first kappa shape index (κ1) is 15.8. The van der Waals surface area contributed by atoms with Crippen LogP contribution in [0.15, 0.2) is 0 Å². The van der Waals surface area contributed by atoms with Crippen molar-refractivity contribution in [3.63, 3.8) is 0 Å². The van der Waals surface area contributed by atoms with E-state index in [0.717, 1.165) is 19.3 Å². The fraction of sp³-hybridized carbons (Fsp3) is 0.846. The number of carbonyl (C=O) groups is 2. The van der Waals surface area contributed by atoms with Gasteiger partial charge in [-0.05, 0) is 25.2 Å². The van der Waals surface area contributed by atoms with E-state index in [1.165, 1.54) is 6.92 Å². The van der Waals surface area contributed by atoms with Gasteiger partial charge in [0.2, 0.25) is 0 Å². The molecule has 2 amide bonds. The second-order valence-electron chi connectivity index (χ2n) is 5.66. The molecule has 0 radical (unpaired) electrons. The van der Waals surface area contributed by atoms with Crippen LogP contribution in [0.4, 0.5) is 4.79 Å². The summed E-state index contributed by atoms with van der Waals surface area (Å²) in [6.45, 7) is 6.95. The minimum absolute atomic E-state index is 0.271. The molecular formula is C13H24N2O4. The number of hydrogen-bond acceptors (Lipinski definition) is 3. The maximum Gasteiger partial charge on any atom is 0.328 e. The molecule has 1 heterocycles. The van der Waals surface area contributed by atoms with Gasteiger partial charge >= 0.3 is 12.0 Å². The molecule has 110 valence electrons. The smallest absolute Gasteiger partial charge is 0.328 e. The quantitative estimate of drug-likeness (QED) is 0.713. The van der Waals surface area contributed by atoms with Crippen molar-refractivity contribution in [1.29, 1.82) is 0 Å². The Kier molecular flexibility index (Phi) is 5.17. The number of amides is 2. The van der Waals surface area contributed by atoms with Crippen LogP contribution >= 0.6 is 0 Å². The third kappa shape index (κ3) is 4.09. The first-order chi connectivity index (χ1) is 8.79. The summed E-state index contributed by atoms with van der Waals surface area (Å²) in [4.78, 5) is 24.5. The van der Waals surface area contributed by atoms with Gasteiger partial charge in [-0.25, -0.2) is 9.59 Å². The third-order valence-electron chi connectivity index (χ3n) is 4.14. The van der Waals surface area contributed by atoms with Crippen molar-refractivity contribution in [2.45, 2.75) is 52.2 Å². The van der Waals surface area contributed by atoms with E-state index in [1.54, 1.807) is 4.90 Å². The Morgan fingerprint density at radius 1 is 1.37 bits per heavy atom. The molecule has 1 saturated heterocycles. The summed E-state index contributed by atoms with van der Waals surface area (Å²) in [5, 5.41) is 20.6. The number of urea groups is 1. The van der Waals surface area contributed by atoms with Gasteiger partial charge in [0.1, 0.15) is 0 Å². The molecule has 1 aliphatic heterocycles. The first-order valence-corrected chi connectivity index (χ1v) is 6.75. The van der Waals surface area contributed by atoms with Crippen LogP contribution in [0.2, 0.25) is 0 Å². The zero-order chi connectivity index (χ0) is 14.6. The summed E-state index contributed by atoms with van der Waals surface area (Å²) in [6.07, 6.45) is 1.80. The Balaban J connectivity index is 2.54. The fourth-order valence-corrected chi connectivity index (χ4v) is 2.22. The molecule has 19 heavy (non-hydrogen) atoms. The van der Waals surface area contributed by atoms with E-state index in [4.69, 9.17) is 5.11 Å². The first-order valence-electron chi connectivity index (χ1n) is 6.75. The highest BCUT2D eigenvalue weighted by molar-refractivity contribution is 5.83. The van der Waals surface area contributed by atoms with E-state index >= 15 is 0 Å². The standard InChI is InChI=1S/C13H24N2O4/c1-4-13(3)5-7-15(8-6-13)12(19)14-10(9(2)16)11(17)18/h9-10,16H,4-8H2,1-3H3,(H,14,19)(H,17,18)/t9-,10+/m1/s1. The third-order valence-corrected chi connectivity index (χ3v) is 4.14. The van der Waals surface area contributed by atoms with Gasteiger partial charge in [-0.1, -0.05) is 20.3 Å². The molecule has 1 fully saturated rings. The minimum atomic E-state index is -1.26. The number of nitrogens with one attached hydrogen (secondary N) is 1. The molecule has 6 nitrogen and oxygen atoms in total. The Hall–Kier alpha value is -1.30. The second-order valence-corrected chi connectivity index (χ2v) is 5.66. The van der Waals surface area contributed by atoms with Crippen LogP contribution in [0.5, 0.6) is 0 Å². The summed E-state index contributed by atoms with van der Waals surface area (Å²) in [5.74, 6) is -1.22. The van der Waals surface area contributed by atoms with Gasteiger partial charge in [-0.3, -0.25) is 0 Å². The molecule has 1 aliphatic rings. The van der Waals surface area contributed by atoms with Crippen molar-refractivity contribution in [2.75, 3.05) is 13.1 Å². The average molecular weight is 272 g/mol. The lowest BCUT2D eigenvalue weighted by Crippen LogP contribution is -2.54. The molecule has 0 aromatic carbocycles. The van der Waals surface area contributed by atoms with Crippen LogP contribution in [0.3, 0.4) is 0 Å². The number of aliphatic hydroxyl groups excluding tert-OH is 1. The van der Waals surface area contributed by atoms with Crippen molar-refractivity contribution in [1.82, 2.24) is 10.2 Å². The Morgan fingerprint density at radius 3 is 2.26 bits per heavy atom. The highest BCUT2D eigenvalue weighted by Gasteiger charge is 2.32. The summed E-state index contributed by atoms with van der Waals surface area (Å²) < 4.78 is 0. The van der Waals surface area contributed by atoms with Crippen molar-refractivity contribution in [3.05, 3.63) is 0 Å². The van der Waals surface area contributed by atoms with Gasteiger partial charge in [-0.15, -0.1) is 0 Å². The van der Waals surface area contributed by atoms with Crippen molar-refractivity contribution >= 4 is 12.0 Å². The lowest BCUT2D eigenvalue weighted by Gasteiger charge is -2.39. The highest BCUT2D eigenvalue weighted by Crippen LogP contribution is 2.33. The molecule has 0 unspecified atom stereocenters. The van der Waals surface area contributed by atoms with E-state index < -0.39 is 24.1 Å². The number of carbonyl (C=O) groups excluding carboxylic acids is 1. The predicted molar refractivity (Wildman–Crippen MR) is 70.8 cm³/mol. The number of nitrogens with zero attached hydrogens (tertiary/aromatic N) is 1. The molecular weight excluding hydrogens is 248 g/mol. The van der Waals surface area contributed by atoms with Crippen molar-refractivity contribution in [3.8, 4) is 0 Å². The van der Waals surface area contributed by atoms with E-state index in [9.17, 15) is 14.7 Å². The largest absolute Gasteiger partial charge is 0.480 e.